The molecule has 1 heterocycles. The van der Waals surface area contributed by atoms with Gasteiger partial charge in [-0.2, -0.15) is 0 Å². The molecular weight excluding hydrogens is 396 g/mol. The highest BCUT2D eigenvalue weighted by Gasteiger charge is 2.22. The Hall–Kier alpha value is -2.87. The van der Waals surface area contributed by atoms with Crippen molar-refractivity contribution in [2.24, 2.45) is 0 Å². The molecule has 1 aromatic heterocycles. The van der Waals surface area contributed by atoms with Crippen molar-refractivity contribution >= 4 is 29.0 Å². The Morgan fingerprint density at radius 3 is 2.53 bits per heavy atom. The van der Waals surface area contributed by atoms with Crippen molar-refractivity contribution in [1.29, 1.82) is 0 Å². The van der Waals surface area contributed by atoms with Crippen molar-refractivity contribution in [3.05, 3.63) is 60.2 Å². The highest BCUT2D eigenvalue weighted by molar-refractivity contribution is 7.99. The van der Waals surface area contributed by atoms with E-state index >= 15 is 0 Å². The molecule has 1 saturated carbocycles. The second kappa shape index (κ2) is 9.75. The highest BCUT2D eigenvalue weighted by Crippen LogP contribution is 2.31. The highest BCUT2D eigenvalue weighted by atomic mass is 32.2. The number of tetrazole rings is 1. The summed E-state index contributed by atoms with van der Waals surface area (Å²) in [5.41, 5.74) is 3.01. The minimum absolute atomic E-state index is 0.0701. The number of rotatable bonds is 8. The molecule has 8 heteroatoms. The first-order valence-corrected chi connectivity index (χ1v) is 11.3. The number of benzene rings is 2. The van der Waals surface area contributed by atoms with Gasteiger partial charge in [-0.15, -0.1) is 5.10 Å². The Labute approximate surface area is 180 Å². The van der Waals surface area contributed by atoms with Crippen LogP contribution in [0.5, 0.6) is 0 Å². The zero-order valence-corrected chi connectivity index (χ0v) is 17.8. The Kier molecular flexibility index (Phi) is 6.63. The molecule has 2 N–H and O–H groups in total. The third kappa shape index (κ3) is 5.18. The molecule has 0 saturated heterocycles. The summed E-state index contributed by atoms with van der Waals surface area (Å²) in [6, 6.07) is 18.6. The van der Waals surface area contributed by atoms with Crippen LogP contribution in [-0.2, 0) is 4.79 Å². The zero-order chi connectivity index (χ0) is 20.8. The van der Waals surface area contributed by atoms with Crippen molar-refractivity contribution < 1.29 is 4.79 Å². The molecule has 1 aliphatic carbocycles. The lowest BCUT2D eigenvalue weighted by Gasteiger charge is -2.16. The number of amides is 1. The molecule has 7 nitrogen and oxygen atoms in total. The third-order valence-corrected chi connectivity index (χ3v) is 6.25. The van der Waals surface area contributed by atoms with E-state index < -0.39 is 0 Å². The Morgan fingerprint density at radius 2 is 1.80 bits per heavy atom. The summed E-state index contributed by atoms with van der Waals surface area (Å²) in [6.45, 7) is 2.13. The Balaban J connectivity index is 1.27. The summed E-state index contributed by atoms with van der Waals surface area (Å²) in [5.74, 6) is 0.206. The molecule has 1 fully saturated rings. The van der Waals surface area contributed by atoms with Gasteiger partial charge in [-0.05, 0) is 60.0 Å². The van der Waals surface area contributed by atoms with Crippen molar-refractivity contribution in [3.8, 4) is 0 Å². The van der Waals surface area contributed by atoms with Crippen molar-refractivity contribution in [2.45, 2.75) is 49.8 Å². The predicted molar refractivity (Wildman–Crippen MR) is 120 cm³/mol. The number of carbonyl (C=O) groups excluding carboxylic acids is 1. The van der Waals surface area contributed by atoms with Crippen LogP contribution in [0.2, 0.25) is 0 Å². The van der Waals surface area contributed by atoms with Crippen LogP contribution >= 0.6 is 11.8 Å². The summed E-state index contributed by atoms with van der Waals surface area (Å²) in [4.78, 5) is 12.4. The summed E-state index contributed by atoms with van der Waals surface area (Å²) in [6.07, 6.45) is 4.64. The fourth-order valence-corrected chi connectivity index (χ4v) is 4.45. The number of carbonyl (C=O) groups is 1. The molecule has 0 spiro atoms. The van der Waals surface area contributed by atoms with Gasteiger partial charge in [0.15, 0.2) is 0 Å². The van der Waals surface area contributed by atoms with Crippen LogP contribution < -0.4 is 10.6 Å². The number of thioether (sulfide) groups is 1. The minimum Gasteiger partial charge on any atom is -0.379 e. The molecule has 30 heavy (non-hydrogen) atoms. The van der Waals surface area contributed by atoms with Crippen LogP contribution in [0.15, 0.2) is 59.8 Å². The predicted octanol–water partition coefficient (Wildman–Crippen LogP) is 4.69. The number of aromatic nitrogens is 4. The average Bonchev–Trinajstić information content (AvgIpc) is 3.46. The van der Waals surface area contributed by atoms with Crippen LogP contribution in [-0.4, -0.2) is 31.9 Å². The number of hydrogen-bond acceptors (Lipinski definition) is 6. The first-order valence-electron chi connectivity index (χ1n) is 10.3. The van der Waals surface area contributed by atoms with Gasteiger partial charge in [0.05, 0.1) is 11.8 Å². The van der Waals surface area contributed by atoms with Gasteiger partial charge in [-0.3, -0.25) is 4.79 Å². The number of nitrogens with one attached hydrogen (secondary N) is 2. The maximum atomic E-state index is 12.4. The smallest absolute Gasteiger partial charge is 0.234 e. The molecule has 0 aliphatic heterocycles. The fraction of sp³-hybridized carbons (Fsp3) is 0.364. The van der Waals surface area contributed by atoms with Gasteiger partial charge in [-0.25, -0.2) is 4.68 Å². The second-order valence-corrected chi connectivity index (χ2v) is 8.48. The Bertz CT molecular complexity index is 953. The van der Waals surface area contributed by atoms with Crippen molar-refractivity contribution in [1.82, 2.24) is 20.2 Å². The second-order valence-electron chi connectivity index (χ2n) is 7.54. The molecule has 1 atom stereocenters. The molecule has 1 unspecified atom stereocenters. The van der Waals surface area contributed by atoms with E-state index in [9.17, 15) is 4.79 Å². The van der Waals surface area contributed by atoms with Crippen LogP contribution in [0, 0.1) is 0 Å². The van der Waals surface area contributed by atoms with Gasteiger partial charge in [0.2, 0.25) is 11.1 Å². The van der Waals surface area contributed by atoms with E-state index in [4.69, 9.17) is 0 Å². The van der Waals surface area contributed by atoms with E-state index in [1.165, 1.54) is 30.2 Å². The SMILES string of the molecule is CC(Nc1ccc(NC(=O)CSc2nnnn2C2CCCC2)cc1)c1ccccc1. The van der Waals surface area contributed by atoms with Crippen LogP contribution in [0.3, 0.4) is 0 Å². The first kappa shape index (κ1) is 20.4. The molecule has 156 valence electrons. The van der Waals surface area contributed by atoms with Gasteiger partial charge < -0.3 is 10.6 Å². The molecule has 0 radical (unpaired) electrons. The summed E-state index contributed by atoms with van der Waals surface area (Å²) in [5, 5.41) is 19.1. The van der Waals surface area contributed by atoms with Crippen LogP contribution in [0.4, 0.5) is 11.4 Å². The quantitative estimate of drug-likeness (QED) is 0.512. The van der Waals surface area contributed by atoms with Gasteiger partial charge in [0, 0.05) is 17.4 Å². The van der Waals surface area contributed by atoms with Gasteiger partial charge in [0.25, 0.3) is 0 Å². The minimum atomic E-state index is -0.0701. The summed E-state index contributed by atoms with van der Waals surface area (Å²) >= 11 is 1.38. The lowest BCUT2D eigenvalue weighted by atomic mass is 10.1. The van der Waals surface area contributed by atoms with Crippen molar-refractivity contribution in [3.63, 3.8) is 0 Å². The van der Waals surface area contributed by atoms with E-state index in [0.29, 0.717) is 11.2 Å². The molecule has 0 bridgehead atoms. The lowest BCUT2D eigenvalue weighted by molar-refractivity contribution is -0.113. The van der Waals surface area contributed by atoms with Gasteiger partial charge in [-0.1, -0.05) is 54.9 Å². The molecular formula is C22H26N6OS. The molecule has 2 aromatic carbocycles. The number of anilines is 2. The van der Waals surface area contributed by atoms with E-state index in [-0.39, 0.29) is 17.7 Å². The number of hydrogen-bond donors (Lipinski definition) is 2. The van der Waals surface area contributed by atoms with Crippen molar-refractivity contribution in [2.75, 3.05) is 16.4 Å². The van der Waals surface area contributed by atoms with E-state index in [1.54, 1.807) is 0 Å². The molecule has 3 aromatic rings. The van der Waals surface area contributed by atoms with E-state index in [2.05, 4.69) is 45.2 Å². The first-order chi connectivity index (χ1) is 14.7. The maximum Gasteiger partial charge on any atom is 0.234 e. The van der Waals surface area contributed by atoms with Crippen LogP contribution in [0.25, 0.3) is 0 Å². The normalized spacial score (nSPS) is 15.1. The monoisotopic (exact) mass is 422 g/mol. The Morgan fingerprint density at radius 1 is 1.10 bits per heavy atom. The summed E-state index contributed by atoms with van der Waals surface area (Å²) < 4.78 is 1.87. The number of nitrogens with zero attached hydrogens (tertiary/aromatic N) is 4. The molecule has 4 rings (SSSR count). The standard InChI is InChI=1S/C22H26N6OS/c1-16(17-7-3-2-4-8-17)23-18-11-13-19(14-12-18)24-21(29)15-30-22-25-26-27-28(22)20-9-5-6-10-20/h2-4,7-8,11-14,16,20,23H,5-6,9-10,15H2,1H3,(H,24,29). The van der Waals surface area contributed by atoms with Crippen LogP contribution in [0.1, 0.15) is 50.3 Å². The maximum absolute atomic E-state index is 12.4. The summed E-state index contributed by atoms with van der Waals surface area (Å²) in [7, 11) is 0. The van der Waals surface area contributed by atoms with E-state index in [1.807, 2.05) is 47.1 Å². The zero-order valence-electron chi connectivity index (χ0n) is 17.0. The third-order valence-electron chi connectivity index (χ3n) is 5.32. The lowest BCUT2D eigenvalue weighted by Crippen LogP contribution is -2.15. The largest absolute Gasteiger partial charge is 0.379 e. The topological polar surface area (TPSA) is 84.7 Å². The molecule has 1 amide bonds. The molecule has 1 aliphatic rings. The average molecular weight is 423 g/mol. The van der Waals surface area contributed by atoms with Gasteiger partial charge in [0.1, 0.15) is 0 Å². The van der Waals surface area contributed by atoms with E-state index in [0.717, 1.165) is 24.2 Å². The van der Waals surface area contributed by atoms with Gasteiger partial charge >= 0.3 is 0 Å². The fourth-order valence-electron chi connectivity index (χ4n) is 3.71.